The molecule has 0 atom stereocenters. The number of amides is 1. The van der Waals surface area contributed by atoms with Crippen molar-refractivity contribution < 1.29 is 9.53 Å². The van der Waals surface area contributed by atoms with Crippen molar-refractivity contribution in [3.05, 3.63) is 16.4 Å². The fraction of sp³-hybridized carbons (Fsp3) is 0.692. The van der Waals surface area contributed by atoms with Crippen LogP contribution < -0.4 is 5.32 Å². The monoisotopic (exact) mass is 287 g/mol. The first-order valence-electron chi connectivity index (χ1n) is 6.49. The van der Waals surface area contributed by atoms with Gasteiger partial charge in [0.05, 0.1) is 22.5 Å². The Bertz CT molecular complexity index is 430. The Kier molecular flexibility index (Phi) is 6.31. The van der Waals surface area contributed by atoms with Crippen LogP contribution in [0, 0.1) is 13.8 Å². The second-order valence-corrected chi connectivity index (χ2v) is 5.14. The van der Waals surface area contributed by atoms with Crippen LogP contribution in [0.25, 0.3) is 0 Å². The number of hydrogen-bond donors (Lipinski definition) is 1. The molecule has 6 heteroatoms. The Morgan fingerprint density at radius 1 is 1.47 bits per heavy atom. The van der Waals surface area contributed by atoms with E-state index in [2.05, 4.69) is 10.4 Å². The van der Waals surface area contributed by atoms with Crippen molar-refractivity contribution in [1.82, 2.24) is 15.1 Å². The van der Waals surface area contributed by atoms with Crippen LogP contribution in [0.5, 0.6) is 0 Å². The van der Waals surface area contributed by atoms with Crippen molar-refractivity contribution in [2.45, 2.75) is 46.8 Å². The smallest absolute Gasteiger partial charge is 0.241 e. The Labute approximate surface area is 119 Å². The molecular formula is C13H22ClN3O2. The van der Waals surface area contributed by atoms with Crippen molar-refractivity contribution in [2.75, 3.05) is 13.2 Å². The lowest BCUT2D eigenvalue weighted by atomic mass is 10.4. The highest BCUT2D eigenvalue weighted by Crippen LogP contribution is 2.18. The van der Waals surface area contributed by atoms with Gasteiger partial charge in [0, 0.05) is 13.2 Å². The van der Waals surface area contributed by atoms with Crippen molar-refractivity contribution in [1.29, 1.82) is 0 Å². The number of nitrogens with one attached hydrogen (secondary N) is 1. The number of aryl methyl sites for hydroxylation is 1. The Balaban J connectivity index is 2.29. The predicted molar refractivity (Wildman–Crippen MR) is 75.4 cm³/mol. The van der Waals surface area contributed by atoms with Gasteiger partial charge >= 0.3 is 0 Å². The van der Waals surface area contributed by atoms with Gasteiger partial charge in [-0.2, -0.15) is 5.10 Å². The molecule has 108 valence electrons. The van der Waals surface area contributed by atoms with Crippen LogP contribution in [0.1, 0.15) is 31.7 Å². The van der Waals surface area contributed by atoms with Gasteiger partial charge in [-0.15, -0.1) is 0 Å². The second kappa shape index (κ2) is 7.50. The van der Waals surface area contributed by atoms with Gasteiger partial charge in [0.1, 0.15) is 6.54 Å². The van der Waals surface area contributed by atoms with E-state index in [0.717, 1.165) is 17.8 Å². The average molecular weight is 288 g/mol. The molecule has 19 heavy (non-hydrogen) atoms. The topological polar surface area (TPSA) is 56.2 Å². The first-order valence-corrected chi connectivity index (χ1v) is 6.87. The molecule has 0 aliphatic carbocycles. The molecule has 1 N–H and O–H groups in total. The molecule has 1 rings (SSSR count). The number of nitrogens with zero attached hydrogens (tertiary/aromatic N) is 2. The van der Waals surface area contributed by atoms with Gasteiger partial charge in [0.2, 0.25) is 5.91 Å². The summed E-state index contributed by atoms with van der Waals surface area (Å²) in [5.41, 5.74) is 1.56. The first kappa shape index (κ1) is 16.0. The Hall–Kier alpha value is -1.07. The van der Waals surface area contributed by atoms with Gasteiger partial charge < -0.3 is 10.1 Å². The molecule has 5 nitrogen and oxygen atoms in total. The quantitative estimate of drug-likeness (QED) is 0.781. The molecule has 0 aliphatic rings. The second-order valence-electron chi connectivity index (χ2n) is 4.77. The lowest BCUT2D eigenvalue weighted by molar-refractivity contribution is -0.121. The molecule has 0 aliphatic heterocycles. The highest BCUT2D eigenvalue weighted by Gasteiger charge is 2.11. The molecule has 0 bridgehead atoms. The molecule has 1 aromatic rings. The third kappa shape index (κ3) is 5.20. The van der Waals surface area contributed by atoms with Crippen LogP contribution in [-0.4, -0.2) is 34.9 Å². The minimum absolute atomic E-state index is 0.0631. The van der Waals surface area contributed by atoms with Crippen molar-refractivity contribution in [2.24, 2.45) is 0 Å². The molecule has 0 spiro atoms. The summed E-state index contributed by atoms with van der Waals surface area (Å²) in [5, 5.41) is 7.68. The van der Waals surface area contributed by atoms with E-state index < -0.39 is 0 Å². The highest BCUT2D eigenvalue weighted by molar-refractivity contribution is 6.31. The minimum Gasteiger partial charge on any atom is -0.379 e. The normalized spacial score (nSPS) is 11.1. The third-order valence-corrected chi connectivity index (χ3v) is 3.23. The van der Waals surface area contributed by atoms with E-state index in [9.17, 15) is 4.79 Å². The molecule has 0 fully saturated rings. The molecule has 0 saturated carbocycles. The number of halogens is 1. The fourth-order valence-electron chi connectivity index (χ4n) is 1.64. The fourth-order valence-corrected chi connectivity index (χ4v) is 1.78. The van der Waals surface area contributed by atoms with Gasteiger partial charge in [-0.3, -0.25) is 9.48 Å². The zero-order valence-electron chi connectivity index (χ0n) is 12.0. The standard InChI is InChI=1S/C13H22ClN3O2/c1-9(2)19-7-5-6-15-12(18)8-17-11(4)13(14)10(3)16-17/h9H,5-8H2,1-4H3,(H,15,18). The molecule has 1 heterocycles. The van der Waals surface area contributed by atoms with Crippen LogP contribution in [0.15, 0.2) is 0 Å². The number of hydrogen-bond acceptors (Lipinski definition) is 3. The van der Waals surface area contributed by atoms with Crippen LogP contribution in [0.4, 0.5) is 0 Å². The zero-order chi connectivity index (χ0) is 14.4. The van der Waals surface area contributed by atoms with E-state index in [4.69, 9.17) is 16.3 Å². The lowest BCUT2D eigenvalue weighted by Crippen LogP contribution is -2.29. The summed E-state index contributed by atoms with van der Waals surface area (Å²) in [7, 11) is 0. The summed E-state index contributed by atoms with van der Waals surface area (Å²) in [6, 6.07) is 0. The molecular weight excluding hydrogens is 266 g/mol. The molecule has 0 unspecified atom stereocenters. The van der Waals surface area contributed by atoms with Gasteiger partial charge in [-0.25, -0.2) is 0 Å². The maximum Gasteiger partial charge on any atom is 0.241 e. The number of aromatic nitrogens is 2. The molecule has 0 radical (unpaired) electrons. The number of rotatable bonds is 7. The van der Waals surface area contributed by atoms with Crippen LogP contribution >= 0.6 is 11.6 Å². The average Bonchev–Trinajstić information content (AvgIpc) is 2.56. The number of carbonyl (C=O) groups is 1. The van der Waals surface area contributed by atoms with Crippen molar-refractivity contribution >= 4 is 17.5 Å². The lowest BCUT2D eigenvalue weighted by Gasteiger charge is -2.09. The predicted octanol–water partition coefficient (Wildman–Crippen LogP) is 2.08. The van der Waals surface area contributed by atoms with Gasteiger partial charge in [0.15, 0.2) is 0 Å². The Morgan fingerprint density at radius 2 is 2.16 bits per heavy atom. The van der Waals surface area contributed by atoms with Gasteiger partial charge in [-0.05, 0) is 34.1 Å². The summed E-state index contributed by atoms with van der Waals surface area (Å²) >= 11 is 6.03. The van der Waals surface area contributed by atoms with Gasteiger partial charge in [0.25, 0.3) is 0 Å². The largest absolute Gasteiger partial charge is 0.379 e. The number of ether oxygens (including phenoxy) is 1. The zero-order valence-corrected chi connectivity index (χ0v) is 12.8. The summed E-state index contributed by atoms with van der Waals surface area (Å²) < 4.78 is 7.02. The van der Waals surface area contributed by atoms with Crippen LogP contribution in [-0.2, 0) is 16.1 Å². The summed E-state index contributed by atoms with van der Waals surface area (Å²) in [6.45, 7) is 9.13. The summed E-state index contributed by atoms with van der Waals surface area (Å²) in [4.78, 5) is 11.7. The highest BCUT2D eigenvalue weighted by atomic mass is 35.5. The van der Waals surface area contributed by atoms with E-state index in [1.54, 1.807) is 4.68 Å². The molecule has 0 saturated heterocycles. The summed E-state index contributed by atoms with van der Waals surface area (Å²) in [5.74, 6) is -0.0631. The van der Waals surface area contributed by atoms with Crippen LogP contribution in [0.3, 0.4) is 0 Å². The van der Waals surface area contributed by atoms with E-state index >= 15 is 0 Å². The van der Waals surface area contributed by atoms with Gasteiger partial charge in [-0.1, -0.05) is 11.6 Å². The first-order chi connectivity index (χ1) is 8.91. The summed E-state index contributed by atoms with van der Waals surface area (Å²) in [6.07, 6.45) is 1.04. The van der Waals surface area contributed by atoms with Crippen molar-refractivity contribution in [3.8, 4) is 0 Å². The SMILES string of the molecule is Cc1nn(CC(=O)NCCCOC(C)C)c(C)c1Cl. The van der Waals surface area contributed by atoms with E-state index in [1.165, 1.54) is 0 Å². The number of carbonyl (C=O) groups excluding carboxylic acids is 1. The minimum atomic E-state index is -0.0631. The Morgan fingerprint density at radius 3 is 2.68 bits per heavy atom. The molecule has 1 amide bonds. The maximum absolute atomic E-state index is 11.7. The van der Waals surface area contributed by atoms with E-state index in [1.807, 2.05) is 27.7 Å². The molecule has 0 aromatic carbocycles. The molecule has 1 aromatic heterocycles. The van der Waals surface area contributed by atoms with Crippen molar-refractivity contribution in [3.63, 3.8) is 0 Å². The van der Waals surface area contributed by atoms with Crippen LogP contribution in [0.2, 0.25) is 5.02 Å². The van der Waals surface area contributed by atoms with E-state index in [0.29, 0.717) is 18.2 Å². The van der Waals surface area contributed by atoms with E-state index in [-0.39, 0.29) is 18.6 Å². The maximum atomic E-state index is 11.7. The third-order valence-electron chi connectivity index (χ3n) is 2.68.